The third-order valence-electron chi connectivity index (χ3n) is 4.68. The summed E-state index contributed by atoms with van der Waals surface area (Å²) in [7, 11) is 4.27. The predicted octanol–water partition coefficient (Wildman–Crippen LogP) is 4.04. The van der Waals surface area contributed by atoms with Gasteiger partial charge in [0.15, 0.2) is 0 Å². The van der Waals surface area contributed by atoms with Crippen LogP contribution in [0, 0.1) is 17.8 Å². The molecule has 0 aliphatic heterocycles. The van der Waals surface area contributed by atoms with Gasteiger partial charge in [0, 0.05) is 11.6 Å². The van der Waals surface area contributed by atoms with Crippen LogP contribution in [-0.4, -0.2) is 30.6 Å². The zero-order valence-electron chi connectivity index (χ0n) is 12.1. The highest BCUT2D eigenvalue weighted by Gasteiger charge is 2.37. The van der Waals surface area contributed by atoms with Gasteiger partial charge < -0.3 is 10.0 Å². The van der Waals surface area contributed by atoms with E-state index in [0.717, 1.165) is 23.9 Å². The van der Waals surface area contributed by atoms with Crippen LogP contribution < -0.4 is 0 Å². The maximum atomic E-state index is 9.82. The van der Waals surface area contributed by atoms with E-state index in [9.17, 15) is 5.11 Å². The highest BCUT2D eigenvalue weighted by atomic mass is 35.5. The minimum atomic E-state index is 0.259. The number of phenols is 1. The SMILES string of the molecule is CN(C)C[C@@H]1C(c2cc(O)cc(Cl)c2)=CC2CCC1C2. The molecule has 2 unspecified atom stereocenters. The van der Waals surface area contributed by atoms with E-state index in [1.54, 1.807) is 6.07 Å². The molecule has 2 bridgehead atoms. The molecule has 0 aromatic heterocycles. The maximum Gasteiger partial charge on any atom is 0.117 e. The fourth-order valence-corrected chi connectivity index (χ4v) is 4.12. The summed E-state index contributed by atoms with van der Waals surface area (Å²) in [5.74, 6) is 2.31. The Morgan fingerprint density at radius 3 is 2.75 bits per heavy atom. The average molecular weight is 292 g/mol. The summed E-state index contributed by atoms with van der Waals surface area (Å²) in [6.07, 6.45) is 6.40. The summed E-state index contributed by atoms with van der Waals surface area (Å²) in [6, 6.07) is 5.44. The number of allylic oxidation sites excluding steroid dienone is 1. The Balaban J connectivity index is 1.99. The number of aromatic hydroxyl groups is 1. The van der Waals surface area contributed by atoms with Crippen LogP contribution in [0.5, 0.6) is 5.75 Å². The predicted molar refractivity (Wildman–Crippen MR) is 84.0 cm³/mol. The van der Waals surface area contributed by atoms with E-state index in [0.29, 0.717) is 10.9 Å². The highest BCUT2D eigenvalue weighted by Crippen LogP contribution is 2.48. The molecule has 1 aromatic rings. The first-order valence-corrected chi connectivity index (χ1v) is 7.77. The minimum Gasteiger partial charge on any atom is -0.508 e. The van der Waals surface area contributed by atoms with Crippen LogP contribution in [0.25, 0.3) is 5.57 Å². The topological polar surface area (TPSA) is 23.5 Å². The van der Waals surface area contributed by atoms with Crippen molar-refractivity contribution in [3.63, 3.8) is 0 Å². The van der Waals surface area contributed by atoms with Gasteiger partial charge in [0.2, 0.25) is 0 Å². The van der Waals surface area contributed by atoms with Gasteiger partial charge in [0.1, 0.15) is 5.75 Å². The Kier molecular flexibility index (Phi) is 3.78. The zero-order chi connectivity index (χ0) is 14.3. The Hall–Kier alpha value is -0.990. The minimum absolute atomic E-state index is 0.259. The van der Waals surface area contributed by atoms with E-state index in [-0.39, 0.29) is 5.75 Å². The quantitative estimate of drug-likeness (QED) is 0.908. The van der Waals surface area contributed by atoms with Crippen LogP contribution in [-0.2, 0) is 0 Å². The number of halogens is 1. The molecular weight excluding hydrogens is 270 g/mol. The molecule has 3 atom stereocenters. The van der Waals surface area contributed by atoms with Crippen molar-refractivity contribution in [3.05, 3.63) is 34.9 Å². The highest BCUT2D eigenvalue weighted by molar-refractivity contribution is 6.30. The summed E-state index contributed by atoms with van der Waals surface area (Å²) < 4.78 is 0. The van der Waals surface area contributed by atoms with Crippen LogP contribution in [0.4, 0.5) is 0 Å². The second-order valence-electron chi connectivity index (χ2n) is 6.52. The van der Waals surface area contributed by atoms with Crippen molar-refractivity contribution in [2.75, 3.05) is 20.6 Å². The summed E-state index contributed by atoms with van der Waals surface area (Å²) >= 11 is 6.11. The first-order chi connectivity index (χ1) is 9.52. The molecule has 0 saturated heterocycles. The van der Waals surface area contributed by atoms with Crippen LogP contribution in [0.1, 0.15) is 24.8 Å². The number of hydrogen-bond donors (Lipinski definition) is 1. The molecular formula is C17H22ClNO. The lowest BCUT2D eigenvalue weighted by Gasteiger charge is -2.32. The summed E-state index contributed by atoms with van der Waals surface area (Å²) in [6.45, 7) is 1.07. The smallest absolute Gasteiger partial charge is 0.117 e. The van der Waals surface area contributed by atoms with E-state index in [2.05, 4.69) is 25.1 Å². The monoisotopic (exact) mass is 291 g/mol. The lowest BCUT2D eigenvalue weighted by atomic mass is 9.76. The van der Waals surface area contributed by atoms with Crippen molar-refractivity contribution >= 4 is 17.2 Å². The normalized spacial score (nSPS) is 28.8. The number of fused-ring (bicyclic) bond motifs is 2. The fourth-order valence-electron chi connectivity index (χ4n) is 3.89. The van der Waals surface area contributed by atoms with E-state index >= 15 is 0 Å². The molecule has 0 radical (unpaired) electrons. The van der Waals surface area contributed by atoms with Gasteiger partial charge in [-0.1, -0.05) is 17.7 Å². The summed E-state index contributed by atoms with van der Waals surface area (Å²) in [4.78, 5) is 2.27. The van der Waals surface area contributed by atoms with Gasteiger partial charge in [-0.15, -0.1) is 0 Å². The van der Waals surface area contributed by atoms with Crippen LogP contribution >= 0.6 is 11.6 Å². The van der Waals surface area contributed by atoms with E-state index < -0.39 is 0 Å². The molecule has 0 amide bonds. The molecule has 1 N–H and O–H groups in total. The standard InChI is InChI=1S/C17H22ClNO/c1-19(2)10-17-12-4-3-11(5-12)6-16(17)13-7-14(18)9-15(20)8-13/h6-9,11-12,17,20H,3-5,10H2,1-2H3/t11?,12?,17-/m0/s1. The van der Waals surface area contributed by atoms with Gasteiger partial charge in [-0.3, -0.25) is 0 Å². The zero-order valence-corrected chi connectivity index (χ0v) is 12.9. The van der Waals surface area contributed by atoms with Gasteiger partial charge in [0.05, 0.1) is 0 Å². The van der Waals surface area contributed by atoms with E-state index in [4.69, 9.17) is 11.6 Å². The van der Waals surface area contributed by atoms with Crippen molar-refractivity contribution in [1.82, 2.24) is 4.90 Å². The number of hydrogen-bond acceptors (Lipinski definition) is 2. The van der Waals surface area contributed by atoms with Gasteiger partial charge in [-0.25, -0.2) is 0 Å². The molecule has 2 nitrogen and oxygen atoms in total. The van der Waals surface area contributed by atoms with Gasteiger partial charge in [-0.05, 0) is 80.4 Å². The number of nitrogens with zero attached hydrogens (tertiary/aromatic N) is 1. The first kappa shape index (κ1) is 14.0. The van der Waals surface area contributed by atoms with Crippen LogP contribution in [0.2, 0.25) is 5.02 Å². The second kappa shape index (κ2) is 5.42. The average Bonchev–Trinajstić information content (AvgIpc) is 2.74. The lowest BCUT2D eigenvalue weighted by molar-refractivity contribution is 0.289. The summed E-state index contributed by atoms with van der Waals surface area (Å²) in [5.41, 5.74) is 2.48. The van der Waals surface area contributed by atoms with Crippen LogP contribution in [0.3, 0.4) is 0 Å². The lowest BCUT2D eigenvalue weighted by Crippen LogP contribution is -2.29. The fraction of sp³-hybridized carbons (Fsp3) is 0.529. The van der Waals surface area contributed by atoms with Crippen molar-refractivity contribution in [3.8, 4) is 5.75 Å². The molecule has 0 spiro atoms. The van der Waals surface area contributed by atoms with Gasteiger partial charge >= 0.3 is 0 Å². The molecule has 0 heterocycles. The molecule has 2 aliphatic rings. The summed E-state index contributed by atoms with van der Waals surface area (Å²) in [5, 5.41) is 10.4. The number of phenolic OH excluding ortho intramolecular Hbond substituents is 1. The first-order valence-electron chi connectivity index (χ1n) is 7.39. The van der Waals surface area contributed by atoms with Crippen molar-refractivity contribution in [2.45, 2.75) is 19.3 Å². The van der Waals surface area contributed by atoms with Crippen molar-refractivity contribution < 1.29 is 5.11 Å². The van der Waals surface area contributed by atoms with Gasteiger partial charge in [-0.2, -0.15) is 0 Å². The Morgan fingerprint density at radius 1 is 1.25 bits per heavy atom. The van der Waals surface area contributed by atoms with E-state index in [1.807, 2.05) is 12.1 Å². The number of benzene rings is 1. The molecule has 1 aromatic carbocycles. The Labute approximate surface area is 126 Å². The van der Waals surface area contributed by atoms with Crippen LogP contribution in [0.15, 0.2) is 24.3 Å². The van der Waals surface area contributed by atoms with Crippen molar-refractivity contribution in [2.24, 2.45) is 17.8 Å². The molecule has 20 heavy (non-hydrogen) atoms. The Bertz CT molecular complexity index is 518. The second-order valence-corrected chi connectivity index (χ2v) is 6.96. The molecule has 1 fully saturated rings. The molecule has 3 rings (SSSR count). The van der Waals surface area contributed by atoms with E-state index in [1.165, 1.54) is 24.8 Å². The third-order valence-corrected chi connectivity index (χ3v) is 4.89. The molecule has 2 aliphatic carbocycles. The Morgan fingerprint density at radius 2 is 2.05 bits per heavy atom. The maximum absolute atomic E-state index is 9.82. The molecule has 1 saturated carbocycles. The van der Waals surface area contributed by atoms with Gasteiger partial charge in [0.25, 0.3) is 0 Å². The number of rotatable bonds is 3. The molecule has 3 heteroatoms. The largest absolute Gasteiger partial charge is 0.508 e. The third kappa shape index (κ3) is 2.72. The molecule has 108 valence electrons. The van der Waals surface area contributed by atoms with Crippen molar-refractivity contribution in [1.29, 1.82) is 0 Å².